The van der Waals surface area contributed by atoms with Crippen molar-refractivity contribution in [3.63, 3.8) is 0 Å². The Hall–Kier alpha value is -2.60. The van der Waals surface area contributed by atoms with E-state index in [0.29, 0.717) is 5.56 Å². The number of carbonyl (C=O) groups excluding carboxylic acids is 1. The molecule has 0 atom stereocenters. The highest BCUT2D eigenvalue weighted by Gasteiger charge is 2.32. The molecule has 0 radical (unpaired) electrons. The topological polar surface area (TPSA) is 105 Å². The number of amides is 1. The van der Waals surface area contributed by atoms with Crippen LogP contribution in [0.3, 0.4) is 0 Å². The zero-order valence-electron chi connectivity index (χ0n) is 16.3. The molecule has 0 bridgehead atoms. The summed E-state index contributed by atoms with van der Waals surface area (Å²) in [6, 6.07) is 2.70. The first-order chi connectivity index (χ1) is 14.0. The van der Waals surface area contributed by atoms with Crippen molar-refractivity contribution < 1.29 is 30.8 Å². The normalized spacial score (nSPS) is 15.5. The summed E-state index contributed by atoms with van der Waals surface area (Å²) in [7, 11) is -2.66. The maximum absolute atomic E-state index is 12.9. The molecule has 0 aliphatic heterocycles. The number of carbonyl (C=O) groups is 1. The minimum absolute atomic E-state index is 0.0900. The van der Waals surface area contributed by atoms with Gasteiger partial charge in [0, 0.05) is 18.8 Å². The van der Waals surface area contributed by atoms with Gasteiger partial charge >= 0.3 is 16.4 Å². The molecule has 2 N–H and O–H groups in total. The van der Waals surface area contributed by atoms with Crippen LogP contribution in [0.15, 0.2) is 28.9 Å². The molecule has 8 nitrogen and oxygen atoms in total. The van der Waals surface area contributed by atoms with E-state index in [1.54, 1.807) is 6.92 Å². The molecular formula is C18H21F3N4O4S. The number of alkyl halides is 3. The van der Waals surface area contributed by atoms with E-state index in [9.17, 15) is 26.4 Å². The Bertz CT molecular complexity index is 1030. The Balaban J connectivity index is 1.71. The molecule has 1 fully saturated rings. The van der Waals surface area contributed by atoms with E-state index >= 15 is 0 Å². The summed E-state index contributed by atoms with van der Waals surface area (Å²) >= 11 is 0. The van der Waals surface area contributed by atoms with Gasteiger partial charge in [0.05, 0.1) is 5.56 Å². The molecule has 1 heterocycles. The van der Waals surface area contributed by atoms with Crippen molar-refractivity contribution in [2.24, 2.45) is 0 Å². The van der Waals surface area contributed by atoms with Crippen molar-refractivity contribution in [2.75, 3.05) is 12.4 Å². The van der Waals surface area contributed by atoms with Crippen molar-refractivity contribution in [3.05, 3.63) is 41.3 Å². The number of aromatic nitrogens is 1. The number of rotatable bonds is 6. The van der Waals surface area contributed by atoms with E-state index in [1.165, 1.54) is 13.1 Å². The van der Waals surface area contributed by atoms with Crippen LogP contribution in [0, 0.1) is 6.92 Å². The van der Waals surface area contributed by atoms with Gasteiger partial charge in [-0.2, -0.15) is 30.9 Å². The maximum atomic E-state index is 12.9. The second-order valence-electron chi connectivity index (χ2n) is 7.08. The van der Waals surface area contributed by atoms with Gasteiger partial charge in [0.2, 0.25) is 0 Å². The quantitative estimate of drug-likeness (QED) is 0.703. The lowest BCUT2D eigenvalue weighted by Crippen LogP contribution is -2.45. The monoisotopic (exact) mass is 446 g/mol. The average molecular weight is 446 g/mol. The molecule has 3 rings (SSSR count). The fourth-order valence-corrected chi connectivity index (χ4v) is 4.28. The van der Waals surface area contributed by atoms with E-state index in [2.05, 4.69) is 10.3 Å². The highest BCUT2D eigenvalue weighted by atomic mass is 32.2. The summed E-state index contributed by atoms with van der Waals surface area (Å²) in [5.41, 5.74) is -0.605. The lowest BCUT2D eigenvalue weighted by molar-refractivity contribution is -0.137. The predicted octanol–water partition coefficient (Wildman–Crippen LogP) is 3.59. The molecule has 1 aliphatic rings. The van der Waals surface area contributed by atoms with Crippen molar-refractivity contribution in [3.8, 4) is 0 Å². The molecule has 1 aliphatic carbocycles. The number of halogens is 3. The number of hydrogen-bond donors (Lipinski definition) is 2. The molecular weight excluding hydrogens is 425 g/mol. The van der Waals surface area contributed by atoms with Crippen LogP contribution in [0.2, 0.25) is 0 Å². The molecule has 1 aromatic heterocycles. The van der Waals surface area contributed by atoms with Gasteiger partial charge in [-0.3, -0.25) is 4.79 Å². The second kappa shape index (κ2) is 8.26. The Morgan fingerprint density at radius 2 is 1.93 bits per heavy atom. The van der Waals surface area contributed by atoms with Crippen LogP contribution in [0.25, 0.3) is 0 Å². The molecule has 164 valence electrons. The molecule has 1 aromatic carbocycles. The van der Waals surface area contributed by atoms with Gasteiger partial charge in [-0.25, -0.2) is 4.72 Å². The summed E-state index contributed by atoms with van der Waals surface area (Å²) in [5, 5.41) is 2.57. The SMILES string of the molecule is Cc1ccc(C(F)(F)F)cc1Nc1nc(C(=O)NS(=O)(=O)N(C)C2CCCC2)co1. The first kappa shape index (κ1) is 22.1. The van der Waals surface area contributed by atoms with Gasteiger partial charge in [-0.15, -0.1) is 0 Å². The Labute approximate surface area is 171 Å². The molecule has 2 aromatic rings. The molecule has 12 heteroatoms. The lowest BCUT2D eigenvalue weighted by Gasteiger charge is -2.23. The van der Waals surface area contributed by atoms with Gasteiger partial charge in [-0.05, 0) is 37.5 Å². The number of hydrogen-bond acceptors (Lipinski definition) is 6. The molecule has 0 unspecified atom stereocenters. The van der Waals surface area contributed by atoms with Crippen LogP contribution in [0.4, 0.5) is 24.9 Å². The summed E-state index contributed by atoms with van der Waals surface area (Å²) < 4.78 is 71.6. The second-order valence-corrected chi connectivity index (χ2v) is 8.81. The first-order valence-electron chi connectivity index (χ1n) is 9.18. The number of oxazole rings is 1. The van der Waals surface area contributed by atoms with Gasteiger partial charge in [0.1, 0.15) is 6.26 Å². The fourth-order valence-electron chi connectivity index (χ4n) is 3.19. The minimum atomic E-state index is -4.52. The third-order valence-electron chi connectivity index (χ3n) is 4.98. The van der Waals surface area contributed by atoms with Crippen LogP contribution in [0.5, 0.6) is 0 Å². The number of nitrogens with one attached hydrogen (secondary N) is 2. The highest BCUT2D eigenvalue weighted by Crippen LogP contribution is 2.33. The minimum Gasteiger partial charge on any atom is -0.431 e. The molecule has 0 saturated heterocycles. The van der Waals surface area contributed by atoms with Gasteiger partial charge in [-0.1, -0.05) is 18.9 Å². The summed E-state index contributed by atoms with van der Waals surface area (Å²) in [6.45, 7) is 1.59. The van der Waals surface area contributed by atoms with Crippen LogP contribution in [0.1, 0.15) is 47.3 Å². The zero-order chi connectivity index (χ0) is 22.1. The Morgan fingerprint density at radius 3 is 2.57 bits per heavy atom. The van der Waals surface area contributed by atoms with E-state index in [4.69, 9.17) is 4.42 Å². The smallest absolute Gasteiger partial charge is 0.416 e. The summed E-state index contributed by atoms with van der Waals surface area (Å²) in [4.78, 5) is 16.1. The zero-order valence-corrected chi connectivity index (χ0v) is 17.1. The largest absolute Gasteiger partial charge is 0.431 e. The van der Waals surface area contributed by atoms with Crippen molar-refractivity contribution in [1.82, 2.24) is 14.0 Å². The number of aryl methyl sites for hydroxylation is 1. The van der Waals surface area contributed by atoms with Gasteiger partial charge in [0.15, 0.2) is 5.69 Å². The van der Waals surface area contributed by atoms with E-state index in [1.807, 2.05) is 4.72 Å². The summed E-state index contributed by atoms with van der Waals surface area (Å²) in [5.74, 6) is -1.00. The summed E-state index contributed by atoms with van der Waals surface area (Å²) in [6.07, 6.45) is -0.311. The Morgan fingerprint density at radius 1 is 1.27 bits per heavy atom. The van der Waals surface area contributed by atoms with Crippen LogP contribution < -0.4 is 10.0 Å². The molecule has 30 heavy (non-hydrogen) atoms. The number of benzene rings is 1. The van der Waals surface area contributed by atoms with Crippen molar-refractivity contribution >= 4 is 27.8 Å². The average Bonchev–Trinajstić information content (AvgIpc) is 3.33. The Kier molecular flexibility index (Phi) is 6.09. The molecule has 1 amide bonds. The standard InChI is InChI=1S/C18H21F3N4O4S/c1-11-7-8-12(18(19,20)21)9-14(11)22-17-23-15(10-29-17)16(26)24-30(27,28)25(2)13-5-3-4-6-13/h7-10,13H,3-6H2,1-2H3,(H,22,23)(H,24,26). The molecule has 1 saturated carbocycles. The maximum Gasteiger partial charge on any atom is 0.416 e. The third kappa shape index (κ3) is 4.93. The third-order valence-corrected chi connectivity index (χ3v) is 6.48. The molecule has 0 spiro atoms. The van der Waals surface area contributed by atoms with Crippen LogP contribution in [-0.2, 0) is 16.4 Å². The van der Waals surface area contributed by atoms with E-state index in [-0.39, 0.29) is 23.4 Å². The van der Waals surface area contributed by atoms with Gasteiger partial charge < -0.3 is 9.73 Å². The fraction of sp³-hybridized carbons (Fsp3) is 0.444. The highest BCUT2D eigenvalue weighted by molar-refractivity contribution is 7.87. The number of anilines is 2. The van der Waals surface area contributed by atoms with Crippen LogP contribution in [-0.4, -0.2) is 36.7 Å². The predicted molar refractivity (Wildman–Crippen MR) is 102 cm³/mol. The number of nitrogens with zero attached hydrogens (tertiary/aromatic N) is 2. The van der Waals surface area contributed by atoms with Gasteiger partial charge in [0.25, 0.3) is 11.9 Å². The van der Waals surface area contributed by atoms with Crippen molar-refractivity contribution in [1.29, 1.82) is 0 Å². The first-order valence-corrected chi connectivity index (χ1v) is 10.6. The van der Waals surface area contributed by atoms with E-state index < -0.39 is 27.9 Å². The lowest BCUT2D eigenvalue weighted by atomic mass is 10.1. The van der Waals surface area contributed by atoms with E-state index in [0.717, 1.165) is 48.4 Å². The van der Waals surface area contributed by atoms with Crippen molar-refractivity contribution in [2.45, 2.75) is 44.8 Å². The van der Waals surface area contributed by atoms with Crippen LogP contribution >= 0.6 is 0 Å².